The lowest BCUT2D eigenvalue weighted by molar-refractivity contribution is -0.0523. The summed E-state index contributed by atoms with van der Waals surface area (Å²) in [5.41, 5.74) is 6.46. The molecule has 2 heterocycles. The Morgan fingerprint density at radius 1 is 1.65 bits per heavy atom. The van der Waals surface area contributed by atoms with Gasteiger partial charge in [-0.25, -0.2) is 10.0 Å². The second-order valence-electron chi connectivity index (χ2n) is 3.85. The quantitative estimate of drug-likeness (QED) is 0.731. The fourth-order valence-corrected chi connectivity index (χ4v) is 1.89. The Morgan fingerprint density at radius 3 is 3.12 bits per heavy atom. The third kappa shape index (κ3) is 2.37. The van der Waals surface area contributed by atoms with E-state index < -0.39 is 0 Å². The number of ether oxygens (including phenoxy) is 1. The Morgan fingerprint density at radius 2 is 2.47 bits per heavy atom. The van der Waals surface area contributed by atoms with Crippen LogP contribution in [0.15, 0.2) is 34.5 Å². The molecule has 17 heavy (non-hydrogen) atoms. The van der Waals surface area contributed by atoms with Crippen molar-refractivity contribution < 1.29 is 9.84 Å². The predicted octanol–water partition coefficient (Wildman–Crippen LogP) is 0.170. The number of hydrogen-bond donors (Lipinski definition) is 2. The van der Waals surface area contributed by atoms with Crippen LogP contribution in [0.4, 0.5) is 0 Å². The fraction of sp³-hybridized carbons (Fsp3) is 0.455. The maximum atomic E-state index is 9.04. The number of aliphatic imine (C=N–C) groups is 1. The Labute approximate surface area is 99.8 Å². The largest absolute Gasteiger partial charge is 0.394 e. The van der Waals surface area contributed by atoms with Crippen molar-refractivity contribution in [2.75, 3.05) is 6.61 Å². The van der Waals surface area contributed by atoms with Gasteiger partial charge in [0.05, 0.1) is 12.7 Å². The van der Waals surface area contributed by atoms with E-state index in [4.69, 9.17) is 15.6 Å². The van der Waals surface area contributed by atoms with Crippen molar-refractivity contribution in [3.63, 3.8) is 0 Å². The second-order valence-corrected chi connectivity index (χ2v) is 3.85. The predicted molar refractivity (Wildman–Crippen MR) is 65.2 cm³/mol. The number of rotatable bonds is 3. The van der Waals surface area contributed by atoms with Crippen molar-refractivity contribution in [1.82, 2.24) is 5.01 Å². The van der Waals surface area contributed by atoms with Crippen molar-refractivity contribution >= 4 is 12.2 Å². The number of aliphatic hydroxyl groups is 1. The maximum absolute atomic E-state index is 9.04. The van der Waals surface area contributed by atoms with Gasteiger partial charge >= 0.3 is 0 Å². The molecule has 2 unspecified atom stereocenters. The number of hydrogen-bond acceptors (Lipinski definition) is 6. The minimum atomic E-state index is -0.205. The van der Waals surface area contributed by atoms with Gasteiger partial charge in [0.25, 0.3) is 0 Å². The Bertz CT molecular complexity index is 389. The van der Waals surface area contributed by atoms with Gasteiger partial charge in [-0.05, 0) is 18.9 Å². The van der Waals surface area contributed by atoms with Crippen molar-refractivity contribution in [1.29, 1.82) is 0 Å². The number of nitrogens with zero attached hydrogens (tertiary/aromatic N) is 3. The standard InChI is InChI=1S/C11H16N4O2/c1-2-3-9-11(12)13-7-14-15(9)10-5-4-8(6-16)17-10/h2-3,7-8,10,16H,1,4-6H2,(H2,12,13,14)/b9-3-. The molecule has 1 fully saturated rings. The molecule has 0 bridgehead atoms. The van der Waals surface area contributed by atoms with Gasteiger partial charge in [0, 0.05) is 0 Å². The van der Waals surface area contributed by atoms with Crippen LogP contribution in [0.1, 0.15) is 12.8 Å². The van der Waals surface area contributed by atoms with E-state index in [0.717, 1.165) is 12.8 Å². The molecule has 0 aromatic carbocycles. The summed E-state index contributed by atoms with van der Waals surface area (Å²) in [6.45, 7) is 3.66. The van der Waals surface area contributed by atoms with Crippen LogP contribution in [-0.2, 0) is 4.74 Å². The summed E-state index contributed by atoms with van der Waals surface area (Å²) in [6, 6.07) is 0. The zero-order chi connectivity index (χ0) is 12.3. The second kappa shape index (κ2) is 5.11. The first kappa shape index (κ1) is 11.8. The van der Waals surface area contributed by atoms with E-state index in [-0.39, 0.29) is 18.9 Å². The fourth-order valence-electron chi connectivity index (χ4n) is 1.89. The van der Waals surface area contributed by atoms with E-state index >= 15 is 0 Å². The lowest BCUT2D eigenvalue weighted by Crippen LogP contribution is -2.38. The van der Waals surface area contributed by atoms with Crippen molar-refractivity contribution in [3.8, 4) is 0 Å². The van der Waals surface area contributed by atoms with Crippen LogP contribution in [0, 0.1) is 0 Å². The normalized spacial score (nSPS) is 30.8. The molecule has 2 aliphatic rings. The number of aliphatic hydroxyl groups excluding tert-OH is 1. The van der Waals surface area contributed by atoms with Gasteiger partial charge in [-0.3, -0.25) is 0 Å². The smallest absolute Gasteiger partial charge is 0.151 e. The molecule has 0 spiro atoms. The van der Waals surface area contributed by atoms with E-state index in [0.29, 0.717) is 11.5 Å². The lowest BCUT2D eigenvalue weighted by atomic mass is 10.2. The van der Waals surface area contributed by atoms with Gasteiger partial charge in [-0.2, -0.15) is 5.10 Å². The van der Waals surface area contributed by atoms with Gasteiger partial charge in [0.15, 0.2) is 12.1 Å². The molecule has 0 amide bonds. The molecule has 6 nitrogen and oxygen atoms in total. The molecule has 3 N–H and O–H groups in total. The monoisotopic (exact) mass is 236 g/mol. The molecule has 0 saturated carbocycles. The zero-order valence-corrected chi connectivity index (χ0v) is 9.49. The maximum Gasteiger partial charge on any atom is 0.151 e. The SMILES string of the molecule is C=C/C=C1/C(N)=NC=NN1C1CCC(CO)O1. The number of hydrazone groups is 1. The van der Waals surface area contributed by atoms with Gasteiger partial charge in [0.1, 0.15) is 12.0 Å². The van der Waals surface area contributed by atoms with E-state index in [1.54, 1.807) is 17.2 Å². The highest BCUT2D eigenvalue weighted by molar-refractivity contribution is 6.01. The number of allylic oxidation sites excluding steroid dienone is 2. The minimum Gasteiger partial charge on any atom is -0.394 e. The summed E-state index contributed by atoms with van der Waals surface area (Å²) >= 11 is 0. The summed E-state index contributed by atoms with van der Waals surface area (Å²) in [6.07, 6.45) is 6.04. The van der Waals surface area contributed by atoms with E-state index in [1.165, 1.54) is 6.34 Å². The first-order valence-electron chi connectivity index (χ1n) is 5.50. The zero-order valence-electron chi connectivity index (χ0n) is 9.49. The van der Waals surface area contributed by atoms with Crippen LogP contribution >= 0.6 is 0 Å². The van der Waals surface area contributed by atoms with Crippen LogP contribution in [0.3, 0.4) is 0 Å². The molecule has 0 aromatic heterocycles. The molecule has 92 valence electrons. The van der Waals surface area contributed by atoms with Crippen molar-refractivity contribution in [2.24, 2.45) is 15.8 Å². The molecule has 2 atom stereocenters. The molecule has 0 aliphatic carbocycles. The summed E-state index contributed by atoms with van der Waals surface area (Å²) in [4.78, 5) is 3.93. The highest BCUT2D eigenvalue weighted by atomic mass is 16.5. The average molecular weight is 236 g/mol. The van der Waals surface area contributed by atoms with Gasteiger partial charge in [-0.15, -0.1) is 0 Å². The molecule has 0 aromatic rings. The van der Waals surface area contributed by atoms with E-state index in [9.17, 15) is 0 Å². The van der Waals surface area contributed by atoms with Gasteiger partial charge < -0.3 is 15.6 Å². The van der Waals surface area contributed by atoms with E-state index in [2.05, 4.69) is 16.7 Å². The van der Waals surface area contributed by atoms with E-state index in [1.807, 2.05) is 0 Å². The van der Waals surface area contributed by atoms with Crippen LogP contribution in [-0.4, -0.2) is 41.2 Å². The van der Waals surface area contributed by atoms with Crippen LogP contribution in [0.5, 0.6) is 0 Å². The number of nitrogens with two attached hydrogens (primary N) is 1. The van der Waals surface area contributed by atoms with Crippen LogP contribution in [0.2, 0.25) is 0 Å². The Kier molecular flexibility index (Phi) is 3.55. The highest BCUT2D eigenvalue weighted by Crippen LogP contribution is 2.26. The van der Waals surface area contributed by atoms with Gasteiger partial charge in [-0.1, -0.05) is 12.7 Å². The first-order chi connectivity index (χ1) is 8.26. The topological polar surface area (TPSA) is 83.4 Å². The molecular formula is C11H16N4O2. The molecule has 1 saturated heterocycles. The Hall–Kier alpha value is -1.66. The van der Waals surface area contributed by atoms with Crippen molar-refractivity contribution in [3.05, 3.63) is 24.4 Å². The lowest BCUT2D eigenvalue weighted by Gasteiger charge is -2.28. The highest BCUT2D eigenvalue weighted by Gasteiger charge is 2.32. The molecule has 2 rings (SSSR count). The molecular weight excluding hydrogens is 220 g/mol. The van der Waals surface area contributed by atoms with Gasteiger partial charge in [0.2, 0.25) is 0 Å². The summed E-state index contributed by atoms with van der Waals surface area (Å²) in [5, 5.41) is 14.9. The third-order valence-corrected chi connectivity index (χ3v) is 2.72. The molecule has 0 radical (unpaired) electrons. The summed E-state index contributed by atoms with van der Waals surface area (Å²) < 4.78 is 5.65. The Balaban J connectivity index is 2.15. The third-order valence-electron chi connectivity index (χ3n) is 2.72. The molecule has 2 aliphatic heterocycles. The van der Waals surface area contributed by atoms with Crippen LogP contribution in [0.25, 0.3) is 0 Å². The van der Waals surface area contributed by atoms with Crippen molar-refractivity contribution in [2.45, 2.75) is 25.2 Å². The minimum absolute atomic E-state index is 0.0259. The van der Waals surface area contributed by atoms with Crippen LogP contribution < -0.4 is 5.73 Å². The number of amidine groups is 1. The summed E-state index contributed by atoms with van der Waals surface area (Å²) in [7, 11) is 0. The first-order valence-corrected chi connectivity index (χ1v) is 5.50. The molecule has 6 heteroatoms. The summed E-state index contributed by atoms with van der Waals surface area (Å²) in [5.74, 6) is 0.385. The average Bonchev–Trinajstić information content (AvgIpc) is 2.80.